The van der Waals surface area contributed by atoms with Crippen LogP contribution in [0.3, 0.4) is 0 Å². The van der Waals surface area contributed by atoms with Crippen molar-refractivity contribution in [3.05, 3.63) is 58.3 Å². The van der Waals surface area contributed by atoms with Crippen LogP contribution in [0.2, 0.25) is 0 Å². The minimum absolute atomic E-state index is 0.0301. The molecule has 0 unspecified atom stereocenters. The maximum absolute atomic E-state index is 13.1. The molecule has 34 heavy (non-hydrogen) atoms. The topological polar surface area (TPSA) is 130 Å². The van der Waals surface area contributed by atoms with Gasteiger partial charge in [0.25, 0.3) is 0 Å². The summed E-state index contributed by atoms with van der Waals surface area (Å²) in [5.41, 5.74) is 1.35. The summed E-state index contributed by atoms with van der Waals surface area (Å²) < 4.78 is 66.4. The van der Waals surface area contributed by atoms with Crippen LogP contribution in [0, 0.1) is 6.92 Å². The second kappa shape index (κ2) is 8.85. The van der Waals surface area contributed by atoms with Crippen LogP contribution in [0.5, 0.6) is 5.75 Å². The van der Waals surface area contributed by atoms with Gasteiger partial charge < -0.3 is 13.3 Å². The second-order valence-electron chi connectivity index (χ2n) is 7.15. The molecule has 2 aromatic heterocycles. The summed E-state index contributed by atoms with van der Waals surface area (Å²) in [6.45, 7) is 3.20. The highest BCUT2D eigenvalue weighted by Gasteiger charge is 2.29. The first-order chi connectivity index (χ1) is 16.1. The molecule has 4 rings (SSSR count). The number of sulfone groups is 1. The Bertz CT molecular complexity index is 1610. The Morgan fingerprint density at radius 2 is 1.88 bits per heavy atom. The standard InChI is InChI=1S/C22H19NO8S3/c1-4-33(25,26)14-8-9-17-16(12-14)23-21(30-17)15-7-5-6-13(2)19(15)31-34(27,28)18-10-11-32-20(18)22(24)29-3/h5-12H,4H2,1-3H3. The minimum atomic E-state index is -4.41. The van der Waals surface area contributed by atoms with Gasteiger partial charge in [0.15, 0.2) is 21.2 Å². The number of methoxy groups -OCH3 is 1. The largest absolute Gasteiger partial charge is 0.465 e. The molecule has 0 saturated heterocycles. The number of benzene rings is 2. The Labute approximate surface area is 200 Å². The molecule has 0 fully saturated rings. The van der Waals surface area contributed by atoms with E-state index in [-0.39, 0.29) is 37.6 Å². The number of esters is 1. The SMILES string of the molecule is CCS(=O)(=O)c1ccc2oc(-c3cccc(C)c3OS(=O)(=O)c3ccsc3C(=O)OC)nc2c1. The molecule has 0 N–H and O–H groups in total. The molecule has 178 valence electrons. The lowest BCUT2D eigenvalue weighted by molar-refractivity contribution is 0.0602. The van der Waals surface area contributed by atoms with Crippen molar-refractivity contribution in [2.45, 2.75) is 23.6 Å². The van der Waals surface area contributed by atoms with Crippen molar-refractivity contribution < 1.29 is 35.0 Å². The van der Waals surface area contributed by atoms with E-state index in [1.807, 2.05) is 0 Å². The van der Waals surface area contributed by atoms with Gasteiger partial charge in [-0.3, -0.25) is 0 Å². The summed E-state index contributed by atoms with van der Waals surface area (Å²) in [4.78, 5) is 16.0. The number of rotatable bonds is 7. The monoisotopic (exact) mass is 521 g/mol. The van der Waals surface area contributed by atoms with Crippen molar-refractivity contribution in [3.8, 4) is 17.2 Å². The minimum Gasteiger partial charge on any atom is -0.465 e. The smallest absolute Gasteiger partial charge is 0.349 e. The summed E-state index contributed by atoms with van der Waals surface area (Å²) in [5.74, 6) is -0.836. The van der Waals surface area contributed by atoms with Crippen LogP contribution in [0.1, 0.15) is 22.2 Å². The zero-order valence-corrected chi connectivity index (χ0v) is 20.7. The molecule has 0 aliphatic rings. The molecule has 0 radical (unpaired) electrons. The van der Waals surface area contributed by atoms with E-state index >= 15 is 0 Å². The van der Waals surface area contributed by atoms with Gasteiger partial charge in [-0.1, -0.05) is 19.1 Å². The number of carbonyl (C=O) groups is 1. The van der Waals surface area contributed by atoms with E-state index in [2.05, 4.69) is 9.72 Å². The molecule has 0 aliphatic heterocycles. The molecular weight excluding hydrogens is 502 g/mol. The summed E-state index contributed by atoms with van der Waals surface area (Å²) in [7, 11) is -6.70. The Morgan fingerprint density at radius 3 is 2.59 bits per heavy atom. The number of oxazole rings is 1. The number of aromatic nitrogens is 1. The molecule has 0 spiro atoms. The van der Waals surface area contributed by atoms with Crippen LogP contribution >= 0.6 is 11.3 Å². The first-order valence-electron chi connectivity index (χ1n) is 9.91. The second-order valence-corrected chi connectivity index (χ2v) is 11.9. The lowest BCUT2D eigenvalue weighted by Gasteiger charge is -2.12. The fourth-order valence-corrected chi connectivity index (χ4v) is 6.42. The van der Waals surface area contributed by atoms with E-state index in [0.717, 1.165) is 18.4 Å². The maximum atomic E-state index is 13.1. The third-order valence-corrected chi connectivity index (χ3v) is 9.02. The van der Waals surface area contributed by atoms with Gasteiger partial charge in [-0.2, -0.15) is 8.42 Å². The number of para-hydroxylation sites is 1. The number of thiophene rings is 1. The normalized spacial score (nSPS) is 12.1. The van der Waals surface area contributed by atoms with Crippen molar-refractivity contribution in [3.63, 3.8) is 0 Å². The van der Waals surface area contributed by atoms with Gasteiger partial charge in [0, 0.05) is 0 Å². The summed E-state index contributed by atoms with van der Waals surface area (Å²) in [6, 6.07) is 10.5. The first kappa shape index (κ1) is 23.9. The molecule has 0 saturated carbocycles. The predicted molar refractivity (Wildman–Crippen MR) is 125 cm³/mol. The number of hydrogen-bond acceptors (Lipinski definition) is 10. The van der Waals surface area contributed by atoms with Crippen LogP contribution in [0.4, 0.5) is 0 Å². The van der Waals surface area contributed by atoms with Crippen LogP contribution in [-0.4, -0.2) is 40.7 Å². The van der Waals surface area contributed by atoms with Gasteiger partial charge in [-0.05, 0) is 48.2 Å². The van der Waals surface area contributed by atoms with Gasteiger partial charge in [0.05, 0.1) is 23.3 Å². The lowest BCUT2D eigenvalue weighted by Crippen LogP contribution is -2.14. The van der Waals surface area contributed by atoms with Gasteiger partial charge in [-0.25, -0.2) is 18.2 Å². The first-order valence-corrected chi connectivity index (χ1v) is 13.8. The van der Waals surface area contributed by atoms with Crippen molar-refractivity contribution in [2.24, 2.45) is 0 Å². The zero-order valence-electron chi connectivity index (χ0n) is 18.3. The average molecular weight is 522 g/mol. The van der Waals surface area contributed by atoms with Gasteiger partial charge in [0.1, 0.15) is 15.3 Å². The lowest BCUT2D eigenvalue weighted by atomic mass is 10.1. The molecule has 0 aliphatic carbocycles. The Balaban J connectivity index is 1.80. The highest BCUT2D eigenvalue weighted by Crippen LogP contribution is 2.37. The number of hydrogen-bond donors (Lipinski definition) is 0. The van der Waals surface area contributed by atoms with Gasteiger partial charge in [0.2, 0.25) is 5.89 Å². The number of carbonyl (C=O) groups excluding carboxylic acids is 1. The number of nitrogens with zero attached hydrogens (tertiary/aromatic N) is 1. The number of aryl methyl sites for hydroxylation is 1. The highest BCUT2D eigenvalue weighted by atomic mass is 32.2. The van der Waals surface area contributed by atoms with Gasteiger partial charge >= 0.3 is 16.1 Å². The Hall–Kier alpha value is -3.22. The summed E-state index contributed by atoms with van der Waals surface area (Å²) in [6.07, 6.45) is 0. The van der Waals surface area contributed by atoms with Crippen molar-refractivity contribution in [2.75, 3.05) is 12.9 Å². The van der Waals surface area contributed by atoms with E-state index in [1.54, 1.807) is 32.0 Å². The molecule has 12 heteroatoms. The van der Waals surface area contributed by atoms with E-state index < -0.39 is 25.9 Å². The summed E-state index contributed by atoms with van der Waals surface area (Å²) >= 11 is 0.919. The molecule has 2 heterocycles. The fourth-order valence-electron chi connectivity index (χ4n) is 3.20. The summed E-state index contributed by atoms with van der Waals surface area (Å²) in [5, 5.41) is 1.45. The fraction of sp³-hybridized carbons (Fsp3) is 0.182. The third kappa shape index (κ3) is 4.31. The Morgan fingerprint density at radius 1 is 1.12 bits per heavy atom. The number of ether oxygens (including phenoxy) is 1. The van der Waals surface area contributed by atoms with Crippen LogP contribution in [0.25, 0.3) is 22.6 Å². The van der Waals surface area contributed by atoms with Crippen LogP contribution in [0.15, 0.2) is 62.1 Å². The molecule has 0 amide bonds. The van der Waals surface area contributed by atoms with E-state index in [0.29, 0.717) is 16.7 Å². The van der Waals surface area contributed by atoms with E-state index in [1.165, 1.54) is 29.6 Å². The number of fused-ring (bicyclic) bond motifs is 1. The molecule has 2 aromatic carbocycles. The Kier molecular flexibility index (Phi) is 6.23. The van der Waals surface area contributed by atoms with Crippen molar-refractivity contribution in [1.82, 2.24) is 4.98 Å². The molecule has 9 nitrogen and oxygen atoms in total. The van der Waals surface area contributed by atoms with Crippen molar-refractivity contribution in [1.29, 1.82) is 0 Å². The molecular formula is C22H19NO8S3. The van der Waals surface area contributed by atoms with E-state index in [4.69, 9.17) is 8.60 Å². The van der Waals surface area contributed by atoms with Crippen molar-refractivity contribution >= 4 is 48.4 Å². The quantitative estimate of drug-likeness (QED) is 0.259. The maximum Gasteiger partial charge on any atom is 0.349 e. The average Bonchev–Trinajstić information content (AvgIpc) is 3.47. The zero-order chi connectivity index (χ0) is 24.7. The third-order valence-electron chi connectivity index (χ3n) is 5.00. The predicted octanol–water partition coefficient (Wildman–Crippen LogP) is 4.21. The molecule has 0 bridgehead atoms. The highest BCUT2D eigenvalue weighted by molar-refractivity contribution is 7.91. The molecule has 4 aromatic rings. The van der Waals surface area contributed by atoms with E-state index in [9.17, 15) is 21.6 Å². The van der Waals surface area contributed by atoms with Crippen LogP contribution in [-0.2, 0) is 24.7 Å². The molecule has 0 atom stereocenters. The van der Waals surface area contributed by atoms with Gasteiger partial charge in [-0.15, -0.1) is 11.3 Å². The van der Waals surface area contributed by atoms with Crippen LogP contribution < -0.4 is 4.18 Å².